The quantitative estimate of drug-likeness (QED) is 0.668. The molecule has 0 aliphatic rings. The highest BCUT2D eigenvalue weighted by Gasteiger charge is 2.19. The zero-order valence-electron chi connectivity index (χ0n) is 12.7. The zero-order chi connectivity index (χ0) is 15.2. The van der Waals surface area contributed by atoms with E-state index in [-0.39, 0.29) is 5.91 Å². The van der Waals surface area contributed by atoms with Crippen LogP contribution in [0.4, 0.5) is 0 Å². The molecule has 0 unspecified atom stereocenters. The standard InChI is InChI=1S/C16H24N4O/c1-18-8-5-9-20(2)16(21)14(17)10-12-11-19-15-7-4-3-6-13(12)15/h3-4,6-7,11,14,18-19H,5,8-10,17H2,1-2H3/t14-/m0/s1. The molecule has 0 radical (unpaired) electrons. The summed E-state index contributed by atoms with van der Waals surface area (Å²) in [5.41, 5.74) is 8.25. The summed E-state index contributed by atoms with van der Waals surface area (Å²) < 4.78 is 0. The molecule has 0 bridgehead atoms. The smallest absolute Gasteiger partial charge is 0.239 e. The Bertz CT molecular complexity index is 593. The fourth-order valence-electron chi connectivity index (χ4n) is 2.51. The highest BCUT2D eigenvalue weighted by Crippen LogP contribution is 2.19. The van der Waals surface area contributed by atoms with Crippen LogP contribution < -0.4 is 11.1 Å². The van der Waals surface area contributed by atoms with Crippen LogP contribution in [0.25, 0.3) is 10.9 Å². The largest absolute Gasteiger partial charge is 0.361 e. The Morgan fingerprint density at radius 3 is 2.95 bits per heavy atom. The van der Waals surface area contributed by atoms with Gasteiger partial charge < -0.3 is 20.9 Å². The molecule has 2 aromatic rings. The van der Waals surface area contributed by atoms with Crippen molar-refractivity contribution in [2.24, 2.45) is 5.73 Å². The zero-order valence-corrected chi connectivity index (χ0v) is 12.7. The van der Waals surface area contributed by atoms with Crippen molar-refractivity contribution in [1.82, 2.24) is 15.2 Å². The highest BCUT2D eigenvalue weighted by atomic mass is 16.2. The number of nitrogens with zero attached hydrogens (tertiary/aromatic N) is 1. The van der Waals surface area contributed by atoms with Crippen LogP contribution in [0, 0.1) is 0 Å². The van der Waals surface area contributed by atoms with Crippen LogP contribution in [-0.2, 0) is 11.2 Å². The summed E-state index contributed by atoms with van der Waals surface area (Å²) in [7, 11) is 3.72. The first kappa shape index (κ1) is 15.5. The van der Waals surface area contributed by atoms with Crippen LogP contribution in [0.1, 0.15) is 12.0 Å². The van der Waals surface area contributed by atoms with Crippen molar-refractivity contribution in [2.45, 2.75) is 18.9 Å². The number of carbonyl (C=O) groups is 1. The first-order chi connectivity index (χ1) is 10.1. The predicted octanol–water partition coefficient (Wildman–Crippen LogP) is 1.11. The average Bonchev–Trinajstić information content (AvgIpc) is 2.90. The van der Waals surface area contributed by atoms with Gasteiger partial charge in [-0.3, -0.25) is 4.79 Å². The molecule has 1 heterocycles. The van der Waals surface area contributed by atoms with Crippen molar-refractivity contribution in [3.05, 3.63) is 36.0 Å². The highest BCUT2D eigenvalue weighted by molar-refractivity contribution is 5.86. The van der Waals surface area contributed by atoms with Crippen molar-refractivity contribution in [3.8, 4) is 0 Å². The Balaban J connectivity index is 1.97. The summed E-state index contributed by atoms with van der Waals surface area (Å²) in [6.45, 7) is 1.62. The topological polar surface area (TPSA) is 74.2 Å². The summed E-state index contributed by atoms with van der Waals surface area (Å²) >= 11 is 0. The second kappa shape index (κ2) is 7.24. The monoisotopic (exact) mass is 288 g/mol. The van der Waals surface area contributed by atoms with Crippen LogP contribution in [0.15, 0.2) is 30.5 Å². The van der Waals surface area contributed by atoms with Crippen LogP contribution in [0.3, 0.4) is 0 Å². The lowest BCUT2D eigenvalue weighted by atomic mass is 10.0. The Hall–Kier alpha value is -1.85. The van der Waals surface area contributed by atoms with Gasteiger partial charge in [-0.25, -0.2) is 0 Å². The van der Waals surface area contributed by atoms with Crippen LogP contribution in [0.5, 0.6) is 0 Å². The van der Waals surface area contributed by atoms with Gasteiger partial charge in [-0.15, -0.1) is 0 Å². The number of amides is 1. The van der Waals surface area contributed by atoms with Gasteiger partial charge in [0.25, 0.3) is 0 Å². The molecule has 0 aliphatic heterocycles. The lowest BCUT2D eigenvalue weighted by molar-refractivity contribution is -0.131. The lowest BCUT2D eigenvalue weighted by Gasteiger charge is -2.21. The first-order valence-electron chi connectivity index (χ1n) is 7.33. The van der Waals surface area contributed by atoms with Crippen molar-refractivity contribution in [1.29, 1.82) is 0 Å². The maximum absolute atomic E-state index is 12.3. The van der Waals surface area contributed by atoms with E-state index in [9.17, 15) is 4.79 Å². The van der Waals surface area contributed by atoms with E-state index in [0.29, 0.717) is 6.42 Å². The van der Waals surface area contributed by atoms with Gasteiger partial charge >= 0.3 is 0 Å². The Morgan fingerprint density at radius 2 is 2.19 bits per heavy atom. The van der Waals surface area contributed by atoms with E-state index in [1.54, 1.807) is 4.90 Å². The summed E-state index contributed by atoms with van der Waals surface area (Å²) in [6, 6.07) is 7.56. The number of H-pyrrole nitrogens is 1. The Morgan fingerprint density at radius 1 is 1.43 bits per heavy atom. The first-order valence-corrected chi connectivity index (χ1v) is 7.33. The van der Waals surface area contributed by atoms with E-state index in [1.807, 2.05) is 38.5 Å². The van der Waals surface area contributed by atoms with Gasteiger partial charge in [-0.05, 0) is 38.1 Å². The van der Waals surface area contributed by atoms with Crippen molar-refractivity contribution in [3.63, 3.8) is 0 Å². The molecule has 0 aliphatic carbocycles. The number of hydrogen-bond acceptors (Lipinski definition) is 3. The third-order valence-corrected chi connectivity index (χ3v) is 3.73. The predicted molar refractivity (Wildman–Crippen MR) is 86.2 cm³/mol. The third kappa shape index (κ3) is 3.83. The molecule has 1 atom stereocenters. The van der Waals surface area contributed by atoms with Crippen LogP contribution in [-0.4, -0.2) is 49.0 Å². The van der Waals surface area contributed by atoms with Gasteiger partial charge in [0.1, 0.15) is 0 Å². The molecule has 1 aromatic carbocycles. The second-order valence-electron chi connectivity index (χ2n) is 5.39. The fraction of sp³-hybridized carbons (Fsp3) is 0.438. The molecule has 0 spiro atoms. The minimum Gasteiger partial charge on any atom is -0.361 e. The van der Waals surface area contributed by atoms with Crippen molar-refractivity contribution < 1.29 is 4.79 Å². The maximum Gasteiger partial charge on any atom is 0.239 e. The molecule has 114 valence electrons. The molecule has 1 aromatic heterocycles. The number of fused-ring (bicyclic) bond motifs is 1. The Labute approximate surface area is 125 Å². The summed E-state index contributed by atoms with van der Waals surface area (Å²) in [4.78, 5) is 17.2. The molecule has 0 saturated heterocycles. The van der Waals surface area contributed by atoms with E-state index >= 15 is 0 Å². The average molecular weight is 288 g/mol. The number of nitrogens with two attached hydrogens (primary N) is 1. The number of likely N-dealkylation sites (N-methyl/N-ethyl adjacent to an activating group) is 1. The number of rotatable bonds is 7. The minimum absolute atomic E-state index is 0.00335. The maximum atomic E-state index is 12.3. The van der Waals surface area contributed by atoms with Gasteiger partial charge in [0.15, 0.2) is 0 Å². The molecular formula is C16H24N4O. The molecule has 4 N–H and O–H groups in total. The molecule has 5 nitrogen and oxygen atoms in total. The second-order valence-corrected chi connectivity index (χ2v) is 5.39. The van der Waals surface area contributed by atoms with Crippen molar-refractivity contribution >= 4 is 16.8 Å². The SMILES string of the molecule is CNCCCN(C)C(=O)[C@@H](N)Cc1c[nH]c2ccccc12. The van der Waals surface area contributed by atoms with Gasteiger partial charge in [-0.1, -0.05) is 18.2 Å². The number of carbonyl (C=O) groups excluding carboxylic acids is 1. The number of benzene rings is 1. The van der Waals surface area contributed by atoms with Crippen LogP contribution in [0.2, 0.25) is 0 Å². The van der Waals surface area contributed by atoms with Gasteiger partial charge in [0.2, 0.25) is 5.91 Å². The normalized spacial score (nSPS) is 12.5. The molecule has 2 rings (SSSR count). The van der Waals surface area contributed by atoms with E-state index in [2.05, 4.69) is 16.4 Å². The van der Waals surface area contributed by atoms with Gasteiger partial charge in [0.05, 0.1) is 6.04 Å². The number of hydrogen-bond donors (Lipinski definition) is 3. The van der Waals surface area contributed by atoms with E-state index in [0.717, 1.165) is 36.0 Å². The fourth-order valence-corrected chi connectivity index (χ4v) is 2.51. The number of nitrogens with one attached hydrogen (secondary N) is 2. The third-order valence-electron chi connectivity index (χ3n) is 3.73. The van der Waals surface area contributed by atoms with E-state index < -0.39 is 6.04 Å². The van der Waals surface area contributed by atoms with Gasteiger partial charge in [0, 0.05) is 30.7 Å². The molecule has 0 fully saturated rings. The van der Waals surface area contributed by atoms with E-state index in [4.69, 9.17) is 5.73 Å². The van der Waals surface area contributed by atoms with Gasteiger partial charge in [-0.2, -0.15) is 0 Å². The molecule has 1 amide bonds. The lowest BCUT2D eigenvalue weighted by Crippen LogP contribution is -2.43. The minimum atomic E-state index is -0.496. The molecule has 0 saturated carbocycles. The van der Waals surface area contributed by atoms with Crippen molar-refractivity contribution in [2.75, 3.05) is 27.2 Å². The van der Waals surface area contributed by atoms with Crippen LogP contribution >= 0.6 is 0 Å². The Kier molecular flexibility index (Phi) is 5.36. The number of para-hydroxylation sites is 1. The number of aromatic amines is 1. The number of aromatic nitrogens is 1. The molecule has 21 heavy (non-hydrogen) atoms. The summed E-state index contributed by atoms with van der Waals surface area (Å²) in [5.74, 6) is -0.00335. The summed E-state index contributed by atoms with van der Waals surface area (Å²) in [5, 5.41) is 4.21. The molecular weight excluding hydrogens is 264 g/mol. The van der Waals surface area contributed by atoms with E-state index in [1.165, 1.54) is 0 Å². The molecule has 5 heteroatoms. The summed E-state index contributed by atoms with van der Waals surface area (Å²) in [6.07, 6.45) is 3.43.